The highest BCUT2D eigenvalue weighted by Crippen LogP contribution is 2.45. The molecule has 3 aliphatic rings. The third-order valence-corrected chi connectivity index (χ3v) is 6.52. The molecule has 2 aliphatic heterocycles. The predicted molar refractivity (Wildman–Crippen MR) is 90.6 cm³/mol. The van der Waals surface area contributed by atoms with Crippen LogP contribution in [-0.2, 0) is 0 Å². The van der Waals surface area contributed by atoms with Crippen molar-refractivity contribution < 1.29 is 0 Å². The van der Waals surface area contributed by atoms with Crippen LogP contribution in [0.15, 0.2) is 0 Å². The van der Waals surface area contributed by atoms with E-state index in [1.54, 1.807) is 0 Å². The highest BCUT2D eigenvalue weighted by Gasteiger charge is 2.46. The summed E-state index contributed by atoms with van der Waals surface area (Å²) in [6.07, 6.45) is 14.3. The molecule has 2 heterocycles. The van der Waals surface area contributed by atoms with Gasteiger partial charge in [0.15, 0.2) is 0 Å². The maximum absolute atomic E-state index is 3.82. The minimum absolute atomic E-state index is 0.537. The fraction of sp³-hybridized carbons (Fsp3) is 1.00. The van der Waals surface area contributed by atoms with Gasteiger partial charge in [0.1, 0.15) is 0 Å². The van der Waals surface area contributed by atoms with Crippen LogP contribution >= 0.6 is 0 Å². The summed E-state index contributed by atoms with van der Waals surface area (Å²) in [6.45, 7) is 8.56. The van der Waals surface area contributed by atoms with E-state index in [9.17, 15) is 0 Å². The van der Waals surface area contributed by atoms with Crippen LogP contribution in [0.4, 0.5) is 0 Å². The van der Waals surface area contributed by atoms with E-state index in [0.717, 1.165) is 24.2 Å². The first-order chi connectivity index (χ1) is 10.1. The molecule has 1 aliphatic carbocycles. The molecule has 0 aromatic heterocycles. The van der Waals surface area contributed by atoms with Crippen LogP contribution in [0.3, 0.4) is 0 Å². The largest absolute Gasteiger partial charge is 0.314 e. The number of fused-ring (bicyclic) bond motifs is 2. The van der Waals surface area contributed by atoms with Crippen molar-refractivity contribution >= 4 is 0 Å². The van der Waals surface area contributed by atoms with E-state index in [4.69, 9.17) is 0 Å². The second kappa shape index (κ2) is 6.58. The van der Waals surface area contributed by atoms with Crippen molar-refractivity contribution in [3.63, 3.8) is 0 Å². The Balaban J connectivity index is 1.71. The minimum atomic E-state index is 0.537. The SMILES string of the molecule is CCCNC1CC2CCCC(C1)N2C1CCCCC1(C)C. The van der Waals surface area contributed by atoms with Gasteiger partial charge >= 0.3 is 0 Å². The lowest BCUT2D eigenvalue weighted by Crippen LogP contribution is -2.62. The number of hydrogen-bond donors (Lipinski definition) is 1. The van der Waals surface area contributed by atoms with Crippen LogP contribution in [0.1, 0.15) is 85.0 Å². The monoisotopic (exact) mass is 292 g/mol. The lowest BCUT2D eigenvalue weighted by molar-refractivity contribution is -0.0652. The maximum atomic E-state index is 3.82. The second-order valence-corrected chi connectivity index (χ2v) is 8.56. The number of hydrogen-bond acceptors (Lipinski definition) is 2. The van der Waals surface area contributed by atoms with Gasteiger partial charge in [-0.05, 0) is 56.9 Å². The van der Waals surface area contributed by atoms with E-state index in [0.29, 0.717) is 5.41 Å². The molecule has 0 spiro atoms. The first kappa shape index (κ1) is 15.8. The number of nitrogens with zero attached hydrogens (tertiary/aromatic N) is 1. The molecule has 3 unspecified atom stereocenters. The molecule has 21 heavy (non-hydrogen) atoms. The molecule has 0 radical (unpaired) electrons. The van der Waals surface area contributed by atoms with Crippen molar-refractivity contribution in [2.24, 2.45) is 5.41 Å². The average Bonchev–Trinajstić information content (AvgIpc) is 2.44. The molecule has 3 fully saturated rings. The summed E-state index contributed by atoms with van der Waals surface area (Å²) < 4.78 is 0. The minimum Gasteiger partial charge on any atom is -0.314 e. The van der Waals surface area contributed by atoms with Crippen LogP contribution in [0, 0.1) is 5.41 Å². The zero-order valence-electron chi connectivity index (χ0n) is 14.5. The molecule has 2 heteroatoms. The molecule has 2 bridgehead atoms. The zero-order chi connectivity index (χ0) is 14.9. The Labute approximate surface area is 132 Å². The lowest BCUT2D eigenvalue weighted by atomic mass is 9.69. The molecule has 2 nitrogen and oxygen atoms in total. The average molecular weight is 293 g/mol. The maximum Gasteiger partial charge on any atom is 0.0152 e. The predicted octanol–water partition coefficient (Wildman–Crippen LogP) is 4.34. The summed E-state index contributed by atoms with van der Waals surface area (Å²) in [5, 5.41) is 3.82. The third-order valence-electron chi connectivity index (χ3n) is 6.52. The first-order valence-corrected chi connectivity index (χ1v) is 9.62. The lowest BCUT2D eigenvalue weighted by Gasteiger charge is -2.57. The molecule has 3 atom stereocenters. The van der Waals surface area contributed by atoms with Crippen molar-refractivity contribution in [1.29, 1.82) is 0 Å². The quantitative estimate of drug-likeness (QED) is 0.829. The molecular formula is C19H36N2. The summed E-state index contributed by atoms with van der Waals surface area (Å²) in [5.74, 6) is 0. The molecule has 122 valence electrons. The Morgan fingerprint density at radius 1 is 1.00 bits per heavy atom. The number of piperidine rings is 2. The van der Waals surface area contributed by atoms with E-state index in [1.807, 2.05) is 0 Å². The van der Waals surface area contributed by atoms with Crippen LogP contribution in [0.25, 0.3) is 0 Å². The van der Waals surface area contributed by atoms with E-state index >= 15 is 0 Å². The zero-order valence-corrected chi connectivity index (χ0v) is 14.5. The number of nitrogens with one attached hydrogen (secondary N) is 1. The topological polar surface area (TPSA) is 15.3 Å². The molecule has 0 aromatic carbocycles. The summed E-state index contributed by atoms with van der Waals surface area (Å²) >= 11 is 0. The Morgan fingerprint density at radius 2 is 1.71 bits per heavy atom. The molecule has 1 saturated carbocycles. The van der Waals surface area contributed by atoms with Crippen molar-refractivity contribution in [3.8, 4) is 0 Å². The van der Waals surface area contributed by atoms with Gasteiger partial charge in [-0.15, -0.1) is 0 Å². The summed E-state index contributed by atoms with van der Waals surface area (Å²) in [7, 11) is 0. The Hall–Kier alpha value is -0.0800. The Morgan fingerprint density at radius 3 is 2.33 bits per heavy atom. The summed E-state index contributed by atoms with van der Waals surface area (Å²) in [6, 6.07) is 3.39. The van der Waals surface area contributed by atoms with Crippen LogP contribution in [0.5, 0.6) is 0 Å². The van der Waals surface area contributed by atoms with E-state index in [2.05, 4.69) is 31.0 Å². The van der Waals surface area contributed by atoms with Gasteiger partial charge in [-0.2, -0.15) is 0 Å². The van der Waals surface area contributed by atoms with Gasteiger partial charge in [0.2, 0.25) is 0 Å². The van der Waals surface area contributed by atoms with Gasteiger partial charge in [0.25, 0.3) is 0 Å². The normalized spacial score (nSPS) is 40.1. The highest BCUT2D eigenvalue weighted by molar-refractivity contribution is 5.01. The van der Waals surface area contributed by atoms with Crippen molar-refractivity contribution in [3.05, 3.63) is 0 Å². The molecule has 0 aromatic rings. The van der Waals surface area contributed by atoms with Crippen LogP contribution in [0.2, 0.25) is 0 Å². The van der Waals surface area contributed by atoms with E-state index < -0.39 is 0 Å². The fourth-order valence-corrected chi connectivity index (χ4v) is 5.47. The van der Waals surface area contributed by atoms with Crippen LogP contribution < -0.4 is 5.32 Å². The van der Waals surface area contributed by atoms with Crippen molar-refractivity contribution in [2.75, 3.05) is 6.54 Å². The fourth-order valence-electron chi connectivity index (χ4n) is 5.47. The highest BCUT2D eigenvalue weighted by atomic mass is 15.3. The Kier molecular flexibility index (Phi) is 4.95. The third kappa shape index (κ3) is 3.32. The first-order valence-electron chi connectivity index (χ1n) is 9.62. The van der Waals surface area contributed by atoms with E-state index in [1.165, 1.54) is 70.8 Å². The smallest absolute Gasteiger partial charge is 0.0152 e. The van der Waals surface area contributed by atoms with Crippen molar-refractivity contribution in [2.45, 2.75) is 109 Å². The Bertz CT molecular complexity index is 324. The summed E-state index contributed by atoms with van der Waals surface area (Å²) in [5.41, 5.74) is 0.537. The van der Waals surface area contributed by atoms with Crippen molar-refractivity contribution in [1.82, 2.24) is 10.2 Å². The molecule has 0 amide bonds. The van der Waals surface area contributed by atoms with Gasteiger partial charge in [-0.25, -0.2) is 0 Å². The standard InChI is InChI=1S/C19H36N2/c1-4-12-20-15-13-16-8-7-9-17(14-15)21(16)18-10-5-6-11-19(18,2)3/h15-18,20H,4-14H2,1-3H3. The van der Waals surface area contributed by atoms with Crippen LogP contribution in [-0.4, -0.2) is 35.6 Å². The van der Waals surface area contributed by atoms with Gasteiger partial charge < -0.3 is 5.32 Å². The number of rotatable bonds is 4. The second-order valence-electron chi connectivity index (χ2n) is 8.56. The van der Waals surface area contributed by atoms with Gasteiger partial charge in [0, 0.05) is 24.2 Å². The van der Waals surface area contributed by atoms with Gasteiger partial charge in [0.05, 0.1) is 0 Å². The molecule has 2 saturated heterocycles. The van der Waals surface area contributed by atoms with Gasteiger partial charge in [-0.3, -0.25) is 4.90 Å². The molecular weight excluding hydrogens is 256 g/mol. The summed E-state index contributed by atoms with van der Waals surface area (Å²) in [4.78, 5) is 3.02. The van der Waals surface area contributed by atoms with Gasteiger partial charge in [-0.1, -0.05) is 40.0 Å². The van der Waals surface area contributed by atoms with E-state index in [-0.39, 0.29) is 0 Å². The molecule has 1 N–H and O–H groups in total. The molecule has 3 rings (SSSR count).